The lowest BCUT2D eigenvalue weighted by Gasteiger charge is -2.09. The van der Waals surface area contributed by atoms with Crippen LogP contribution in [-0.4, -0.2) is 30.0 Å². The molecular weight excluding hydrogens is 192 g/mol. The number of ether oxygens (including phenoxy) is 1. The van der Waals surface area contributed by atoms with E-state index < -0.39 is 0 Å². The molecule has 1 atom stereocenters. The minimum absolute atomic E-state index is 0.513. The van der Waals surface area contributed by atoms with Gasteiger partial charge in [0.05, 0.1) is 18.4 Å². The Bertz CT molecular complexity index is 368. The van der Waals surface area contributed by atoms with E-state index in [1.165, 1.54) is 6.20 Å². The summed E-state index contributed by atoms with van der Waals surface area (Å²) in [5.74, 6) is 1.07. The van der Waals surface area contributed by atoms with Gasteiger partial charge in [0.2, 0.25) is 0 Å². The third-order valence-electron chi connectivity index (χ3n) is 2.42. The maximum atomic E-state index is 8.83. The van der Waals surface area contributed by atoms with Crippen LogP contribution >= 0.6 is 0 Å². The zero-order valence-corrected chi connectivity index (χ0v) is 8.31. The lowest BCUT2D eigenvalue weighted by molar-refractivity contribution is 0.187. The van der Waals surface area contributed by atoms with E-state index in [9.17, 15) is 0 Å². The molecule has 0 bridgehead atoms. The van der Waals surface area contributed by atoms with Crippen LogP contribution in [0.5, 0.6) is 0 Å². The lowest BCUT2D eigenvalue weighted by atomic mass is 10.1. The highest BCUT2D eigenvalue weighted by Crippen LogP contribution is 2.14. The highest BCUT2D eigenvalue weighted by molar-refractivity contribution is 5.50. The van der Waals surface area contributed by atoms with Crippen LogP contribution in [0.2, 0.25) is 0 Å². The highest BCUT2D eigenvalue weighted by atomic mass is 16.5. The van der Waals surface area contributed by atoms with Gasteiger partial charge < -0.3 is 10.1 Å². The van der Waals surface area contributed by atoms with Crippen molar-refractivity contribution in [3.05, 3.63) is 17.8 Å². The van der Waals surface area contributed by atoms with Gasteiger partial charge in [-0.25, -0.2) is 0 Å². The standard InChI is InChI=1S/C10H12N4O/c11-5-9-1-3-13-14-10(9)12-6-8-2-4-15-7-8/h1,3,8H,2,4,6-7H2,(H,12,14). The first-order valence-electron chi connectivity index (χ1n) is 4.93. The molecule has 1 aliphatic heterocycles. The fourth-order valence-corrected chi connectivity index (χ4v) is 1.54. The van der Waals surface area contributed by atoms with Crippen molar-refractivity contribution in [2.45, 2.75) is 6.42 Å². The minimum Gasteiger partial charge on any atom is -0.381 e. The Balaban J connectivity index is 1.95. The molecule has 0 aromatic carbocycles. The van der Waals surface area contributed by atoms with E-state index in [1.54, 1.807) is 6.07 Å². The summed E-state index contributed by atoms with van der Waals surface area (Å²) in [5, 5.41) is 19.6. The molecule has 2 heterocycles. The molecule has 5 nitrogen and oxygen atoms in total. The molecule has 0 spiro atoms. The first-order chi connectivity index (χ1) is 7.40. The smallest absolute Gasteiger partial charge is 0.166 e. The summed E-state index contributed by atoms with van der Waals surface area (Å²) in [5.41, 5.74) is 0.531. The van der Waals surface area contributed by atoms with Crippen LogP contribution in [0.3, 0.4) is 0 Å². The SMILES string of the molecule is N#Cc1ccnnc1NCC1CCOC1. The molecule has 0 aliphatic carbocycles. The zero-order valence-electron chi connectivity index (χ0n) is 8.31. The van der Waals surface area contributed by atoms with E-state index in [0.717, 1.165) is 26.2 Å². The summed E-state index contributed by atoms with van der Waals surface area (Å²) in [6, 6.07) is 3.73. The minimum atomic E-state index is 0.513. The van der Waals surface area contributed by atoms with Gasteiger partial charge in [-0.15, -0.1) is 5.10 Å². The molecule has 0 amide bonds. The highest BCUT2D eigenvalue weighted by Gasteiger charge is 2.15. The van der Waals surface area contributed by atoms with Gasteiger partial charge in [0.25, 0.3) is 0 Å². The van der Waals surface area contributed by atoms with Crippen LogP contribution in [0.4, 0.5) is 5.82 Å². The van der Waals surface area contributed by atoms with Crippen molar-refractivity contribution in [2.75, 3.05) is 25.1 Å². The maximum absolute atomic E-state index is 8.83. The van der Waals surface area contributed by atoms with Crippen molar-refractivity contribution in [3.8, 4) is 6.07 Å². The van der Waals surface area contributed by atoms with Crippen LogP contribution in [0.15, 0.2) is 12.3 Å². The van der Waals surface area contributed by atoms with Gasteiger partial charge in [0, 0.05) is 19.1 Å². The van der Waals surface area contributed by atoms with E-state index in [1.807, 2.05) is 0 Å². The summed E-state index contributed by atoms with van der Waals surface area (Å²) in [7, 11) is 0. The van der Waals surface area contributed by atoms with Crippen LogP contribution in [0, 0.1) is 17.2 Å². The lowest BCUT2D eigenvalue weighted by Crippen LogP contribution is -2.15. The van der Waals surface area contributed by atoms with Gasteiger partial charge in [-0.3, -0.25) is 0 Å². The van der Waals surface area contributed by atoms with E-state index in [0.29, 0.717) is 17.3 Å². The second-order valence-electron chi connectivity index (χ2n) is 3.52. The normalized spacial score (nSPS) is 19.8. The number of nitrogens with one attached hydrogen (secondary N) is 1. The van der Waals surface area contributed by atoms with Crippen LogP contribution in [-0.2, 0) is 4.74 Å². The second-order valence-corrected chi connectivity index (χ2v) is 3.52. The average Bonchev–Trinajstić information content (AvgIpc) is 2.79. The van der Waals surface area contributed by atoms with Gasteiger partial charge in [-0.2, -0.15) is 10.4 Å². The predicted octanol–water partition coefficient (Wildman–Crippen LogP) is 0.797. The van der Waals surface area contributed by atoms with Crippen LogP contribution in [0.1, 0.15) is 12.0 Å². The Hall–Kier alpha value is -1.67. The number of hydrogen-bond donors (Lipinski definition) is 1. The Kier molecular flexibility index (Phi) is 3.10. The topological polar surface area (TPSA) is 70.8 Å². The van der Waals surface area contributed by atoms with Crippen LogP contribution in [0.25, 0.3) is 0 Å². The molecule has 0 saturated carbocycles. The molecule has 1 saturated heterocycles. The third-order valence-corrected chi connectivity index (χ3v) is 2.42. The second kappa shape index (κ2) is 4.71. The van der Waals surface area contributed by atoms with Gasteiger partial charge in [0.1, 0.15) is 6.07 Å². The Labute approximate surface area is 88.1 Å². The molecule has 1 aromatic rings. The summed E-state index contributed by atoms with van der Waals surface area (Å²) in [6.07, 6.45) is 2.58. The number of nitriles is 1. The molecule has 78 valence electrons. The summed E-state index contributed by atoms with van der Waals surface area (Å²) in [6.45, 7) is 2.40. The fourth-order valence-electron chi connectivity index (χ4n) is 1.54. The Morgan fingerprint density at radius 1 is 1.67 bits per heavy atom. The van der Waals surface area contributed by atoms with Gasteiger partial charge in [-0.05, 0) is 12.5 Å². The Morgan fingerprint density at radius 2 is 2.60 bits per heavy atom. The van der Waals surface area contributed by atoms with Crippen molar-refractivity contribution in [2.24, 2.45) is 5.92 Å². The summed E-state index contributed by atoms with van der Waals surface area (Å²) in [4.78, 5) is 0. The molecule has 2 rings (SSSR count). The van der Waals surface area contributed by atoms with Gasteiger partial charge in [-0.1, -0.05) is 0 Å². The summed E-state index contributed by atoms with van der Waals surface area (Å²) >= 11 is 0. The van der Waals surface area contributed by atoms with Gasteiger partial charge in [0.15, 0.2) is 5.82 Å². The number of rotatable bonds is 3. The van der Waals surface area contributed by atoms with Crippen molar-refractivity contribution in [3.63, 3.8) is 0 Å². The fraction of sp³-hybridized carbons (Fsp3) is 0.500. The number of nitrogens with zero attached hydrogens (tertiary/aromatic N) is 3. The van der Waals surface area contributed by atoms with Crippen molar-refractivity contribution >= 4 is 5.82 Å². The molecule has 1 fully saturated rings. The van der Waals surface area contributed by atoms with E-state index in [-0.39, 0.29) is 0 Å². The molecule has 1 aliphatic rings. The zero-order chi connectivity index (χ0) is 10.5. The molecule has 1 N–H and O–H groups in total. The molecular formula is C10H12N4O. The monoisotopic (exact) mass is 204 g/mol. The van der Waals surface area contributed by atoms with E-state index >= 15 is 0 Å². The van der Waals surface area contributed by atoms with Gasteiger partial charge >= 0.3 is 0 Å². The average molecular weight is 204 g/mol. The largest absolute Gasteiger partial charge is 0.381 e. The first-order valence-corrected chi connectivity index (χ1v) is 4.93. The molecule has 15 heavy (non-hydrogen) atoms. The van der Waals surface area contributed by atoms with Crippen molar-refractivity contribution in [1.29, 1.82) is 5.26 Å². The van der Waals surface area contributed by atoms with Crippen molar-refractivity contribution < 1.29 is 4.74 Å². The number of anilines is 1. The Morgan fingerprint density at radius 3 is 3.33 bits per heavy atom. The van der Waals surface area contributed by atoms with Crippen molar-refractivity contribution in [1.82, 2.24) is 10.2 Å². The predicted molar refractivity (Wildman–Crippen MR) is 54.2 cm³/mol. The number of hydrogen-bond acceptors (Lipinski definition) is 5. The quantitative estimate of drug-likeness (QED) is 0.788. The molecule has 1 unspecified atom stereocenters. The summed E-state index contributed by atoms with van der Waals surface area (Å²) < 4.78 is 5.26. The molecule has 5 heteroatoms. The van der Waals surface area contributed by atoms with E-state index in [2.05, 4.69) is 21.6 Å². The van der Waals surface area contributed by atoms with Crippen LogP contribution < -0.4 is 5.32 Å². The third kappa shape index (κ3) is 2.42. The first kappa shape index (κ1) is 9.87. The number of aromatic nitrogens is 2. The molecule has 1 aromatic heterocycles. The van der Waals surface area contributed by atoms with E-state index in [4.69, 9.17) is 10.00 Å². The maximum Gasteiger partial charge on any atom is 0.166 e. The molecule has 0 radical (unpaired) electrons.